The van der Waals surface area contributed by atoms with Crippen LogP contribution in [0.15, 0.2) is 54.2 Å². The highest BCUT2D eigenvalue weighted by Crippen LogP contribution is 2.38. The summed E-state index contributed by atoms with van der Waals surface area (Å²) in [6.07, 6.45) is 0. The van der Waals surface area contributed by atoms with Gasteiger partial charge in [-0.05, 0) is 36.8 Å². The highest BCUT2D eigenvalue weighted by molar-refractivity contribution is 6.45. The van der Waals surface area contributed by atoms with Gasteiger partial charge in [-0.3, -0.25) is 9.59 Å². The van der Waals surface area contributed by atoms with Crippen LogP contribution in [0.3, 0.4) is 0 Å². The minimum atomic E-state index is -0.459. The Morgan fingerprint density at radius 3 is 2.34 bits per heavy atom. The van der Waals surface area contributed by atoms with Crippen molar-refractivity contribution in [2.75, 3.05) is 38.8 Å². The van der Waals surface area contributed by atoms with E-state index in [1.807, 2.05) is 6.92 Å². The number of ether oxygens (including phenoxy) is 2. The molecule has 2 amide bonds. The molecule has 0 bridgehead atoms. The lowest BCUT2D eigenvalue weighted by atomic mass is 10.0. The van der Waals surface area contributed by atoms with Gasteiger partial charge in [0.05, 0.1) is 31.6 Å². The maximum Gasteiger partial charge on any atom is 0.282 e. The van der Waals surface area contributed by atoms with Gasteiger partial charge in [0, 0.05) is 13.6 Å². The molecule has 0 fully saturated rings. The number of aliphatic hydroxyl groups is 1. The Labute approximate surface area is 169 Å². The summed E-state index contributed by atoms with van der Waals surface area (Å²) in [7, 11) is 3.17. The van der Waals surface area contributed by atoms with Crippen molar-refractivity contribution in [1.29, 1.82) is 0 Å². The summed E-state index contributed by atoms with van der Waals surface area (Å²) in [4.78, 5) is 29.4. The molecule has 7 heteroatoms. The number of para-hydroxylation sites is 2. The van der Waals surface area contributed by atoms with Crippen molar-refractivity contribution >= 4 is 23.1 Å². The maximum absolute atomic E-state index is 13.4. The number of anilines is 1. The van der Waals surface area contributed by atoms with Gasteiger partial charge in [-0.1, -0.05) is 24.3 Å². The van der Waals surface area contributed by atoms with Gasteiger partial charge < -0.3 is 19.5 Å². The summed E-state index contributed by atoms with van der Waals surface area (Å²) in [5.74, 6) is 0.203. The van der Waals surface area contributed by atoms with Crippen molar-refractivity contribution in [3.05, 3.63) is 59.8 Å². The zero-order valence-corrected chi connectivity index (χ0v) is 16.7. The Kier molecular flexibility index (Phi) is 6.19. The molecule has 1 N–H and O–H groups in total. The fraction of sp³-hybridized carbons (Fsp3) is 0.273. The van der Waals surface area contributed by atoms with Crippen LogP contribution in [-0.2, 0) is 9.59 Å². The van der Waals surface area contributed by atoms with Crippen LogP contribution in [0.1, 0.15) is 12.5 Å². The first-order valence-corrected chi connectivity index (χ1v) is 9.34. The lowest BCUT2D eigenvalue weighted by Gasteiger charge is -2.21. The molecule has 3 rings (SSSR count). The molecule has 0 aromatic heterocycles. The Hall–Kier alpha value is -3.32. The summed E-state index contributed by atoms with van der Waals surface area (Å²) < 4.78 is 10.8. The number of rotatable bonds is 8. The van der Waals surface area contributed by atoms with Gasteiger partial charge >= 0.3 is 0 Å². The second-order valence-corrected chi connectivity index (χ2v) is 6.44. The molecule has 0 unspecified atom stereocenters. The maximum atomic E-state index is 13.4. The lowest BCUT2D eigenvalue weighted by Crippen LogP contribution is -2.35. The van der Waals surface area contributed by atoms with Crippen molar-refractivity contribution in [2.24, 2.45) is 0 Å². The zero-order valence-electron chi connectivity index (χ0n) is 16.7. The average molecular weight is 396 g/mol. The summed E-state index contributed by atoms with van der Waals surface area (Å²) in [5.41, 5.74) is 1.49. The minimum absolute atomic E-state index is 0.146. The van der Waals surface area contributed by atoms with Crippen molar-refractivity contribution in [2.45, 2.75) is 6.92 Å². The molecule has 0 radical (unpaired) electrons. The number of amides is 2. The highest BCUT2D eigenvalue weighted by atomic mass is 16.5. The second-order valence-electron chi connectivity index (χ2n) is 6.44. The topological polar surface area (TPSA) is 79.3 Å². The molecule has 2 aromatic carbocycles. The van der Waals surface area contributed by atoms with Gasteiger partial charge in [0.2, 0.25) is 0 Å². The molecule has 0 saturated carbocycles. The van der Waals surface area contributed by atoms with E-state index in [0.29, 0.717) is 29.4 Å². The number of methoxy groups -OCH3 is 1. The number of nitrogens with zero attached hydrogens (tertiary/aromatic N) is 2. The van der Waals surface area contributed by atoms with Gasteiger partial charge in [-0.25, -0.2) is 4.90 Å². The molecule has 1 heterocycles. The minimum Gasteiger partial charge on any atom is -0.495 e. The standard InChI is InChI=1S/C22H24N2O5/c1-4-29-16-11-9-15(10-12-16)19-20(23(2)13-14-25)22(27)24(21(19)26)17-7-5-6-8-18(17)28-3/h5-12,25H,4,13-14H2,1-3H3. The summed E-state index contributed by atoms with van der Waals surface area (Å²) >= 11 is 0. The molecule has 1 aliphatic heterocycles. The van der Waals surface area contributed by atoms with E-state index in [2.05, 4.69) is 0 Å². The van der Waals surface area contributed by atoms with E-state index in [1.54, 1.807) is 60.5 Å². The number of benzene rings is 2. The normalized spacial score (nSPS) is 13.9. The van der Waals surface area contributed by atoms with Crippen LogP contribution in [0.4, 0.5) is 5.69 Å². The van der Waals surface area contributed by atoms with Crippen LogP contribution in [0, 0.1) is 0 Å². The van der Waals surface area contributed by atoms with Gasteiger partial charge in [-0.2, -0.15) is 0 Å². The van der Waals surface area contributed by atoms with Gasteiger partial charge in [0.1, 0.15) is 17.2 Å². The van der Waals surface area contributed by atoms with E-state index in [1.165, 1.54) is 7.11 Å². The summed E-state index contributed by atoms with van der Waals surface area (Å²) in [6.45, 7) is 2.50. The molecule has 0 saturated heterocycles. The smallest absolute Gasteiger partial charge is 0.282 e. The van der Waals surface area contributed by atoms with Crippen LogP contribution in [0.2, 0.25) is 0 Å². The van der Waals surface area contributed by atoms with Crippen LogP contribution in [0.25, 0.3) is 5.57 Å². The number of hydrogen-bond donors (Lipinski definition) is 1. The predicted octanol–water partition coefficient (Wildman–Crippen LogP) is 2.30. The Morgan fingerprint density at radius 2 is 1.72 bits per heavy atom. The van der Waals surface area contributed by atoms with Crippen molar-refractivity contribution in [1.82, 2.24) is 4.90 Å². The summed E-state index contributed by atoms with van der Waals surface area (Å²) in [6, 6.07) is 13.9. The third-order valence-corrected chi connectivity index (χ3v) is 4.66. The van der Waals surface area contributed by atoms with E-state index in [0.717, 1.165) is 4.90 Å². The number of carbonyl (C=O) groups excluding carboxylic acids is 2. The van der Waals surface area contributed by atoms with Crippen molar-refractivity contribution < 1.29 is 24.2 Å². The first kappa shape index (κ1) is 20.4. The molecule has 0 aliphatic carbocycles. The molecule has 2 aromatic rings. The van der Waals surface area contributed by atoms with Crippen molar-refractivity contribution in [3.8, 4) is 11.5 Å². The highest BCUT2D eigenvalue weighted by Gasteiger charge is 2.42. The van der Waals surface area contributed by atoms with E-state index >= 15 is 0 Å². The molecular weight excluding hydrogens is 372 g/mol. The largest absolute Gasteiger partial charge is 0.495 e. The quantitative estimate of drug-likeness (QED) is 0.690. The Morgan fingerprint density at radius 1 is 1.03 bits per heavy atom. The second kappa shape index (κ2) is 8.79. The Balaban J connectivity index is 2.10. The fourth-order valence-corrected chi connectivity index (χ4v) is 3.31. The Bertz CT molecular complexity index is 936. The predicted molar refractivity (Wildman–Crippen MR) is 110 cm³/mol. The molecule has 152 valence electrons. The van der Waals surface area contributed by atoms with E-state index < -0.39 is 11.8 Å². The molecule has 7 nitrogen and oxygen atoms in total. The average Bonchev–Trinajstić information content (AvgIpc) is 2.99. The number of likely N-dealkylation sites (N-methyl/N-ethyl adjacent to an activating group) is 1. The molecule has 0 atom stereocenters. The molecule has 0 spiro atoms. The van der Waals surface area contributed by atoms with Crippen LogP contribution in [-0.4, -0.2) is 55.7 Å². The van der Waals surface area contributed by atoms with Crippen LogP contribution in [0.5, 0.6) is 11.5 Å². The van der Waals surface area contributed by atoms with Gasteiger partial charge in [0.15, 0.2) is 0 Å². The third-order valence-electron chi connectivity index (χ3n) is 4.66. The monoisotopic (exact) mass is 396 g/mol. The first-order chi connectivity index (χ1) is 14.0. The molecule has 1 aliphatic rings. The molecule has 29 heavy (non-hydrogen) atoms. The zero-order chi connectivity index (χ0) is 21.0. The fourth-order valence-electron chi connectivity index (χ4n) is 3.31. The number of imide groups is 1. The van der Waals surface area contributed by atoms with Gasteiger partial charge in [-0.15, -0.1) is 0 Å². The number of aliphatic hydroxyl groups excluding tert-OH is 1. The summed E-state index contributed by atoms with van der Waals surface area (Å²) in [5, 5.41) is 9.36. The third kappa shape index (κ3) is 3.82. The van der Waals surface area contributed by atoms with E-state index in [-0.39, 0.29) is 24.4 Å². The molecular formula is C22H24N2O5. The first-order valence-electron chi connectivity index (χ1n) is 9.34. The van der Waals surface area contributed by atoms with Crippen LogP contribution >= 0.6 is 0 Å². The number of carbonyl (C=O) groups is 2. The van der Waals surface area contributed by atoms with Crippen molar-refractivity contribution in [3.63, 3.8) is 0 Å². The lowest BCUT2D eigenvalue weighted by molar-refractivity contribution is -0.120. The van der Waals surface area contributed by atoms with E-state index in [4.69, 9.17) is 9.47 Å². The van der Waals surface area contributed by atoms with Gasteiger partial charge in [0.25, 0.3) is 11.8 Å². The SMILES string of the molecule is CCOc1ccc(C2=C(N(C)CCO)C(=O)N(c3ccccc3OC)C2=O)cc1. The van der Waals surface area contributed by atoms with E-state index in [9.17, 15) is 14.7 Å². The van der Waals surface area contributed by atoms with Crippen LogP contribution < -0.4 is 14.4 Å². The number of hydrogen-bond acceptors (Lipinski definition) is 6.